The van der Waals surface area contributed by atoms with Crippen molar-refractivity contribution in [3.05, 3.63) is 70.0 Å². The summed E-state index contributed by atoms with van der Waals surface area (Å²) in [6, 6.07) is 14.0. The molecule has 0 spiro atoms. The van der Waals surface area contributed by atoms with Gasteiger partial charge in [0.1, 0.15) is 0 Å². The molecule has 1 heterocycles. The van der Waals surface area contributed by atoms with Gasteiger partial charge in [-0.2, -0.15) is 0 Å². The number of esters is 1. The van der Waals surface area contributed by atoms with E-state index in [-0.39, 0.29) is 17.2 Å². The van der Waals surface area contributed by atoms with Gasteiger partial charge in [-0.05, 0) is 36.8 Å². The Morgan fingerprint density at radius 3 is 2.70 bits per heavy atom. The standard InChI is InChI=1S/C20H18N2O4S/c1-12-15-8-3-4-9-16(15)22-19(24)18(12)27-11-17(23)21-14-7-5-6-13(10-14)20(25)26-2/h3-10H,11H2,1-2H3,(H,21,23)(H,22,24). The van der Waals surface area contributed by atoms with E-state index >= 15 is 0 Å². The van der Waals surface area contributed by atoms with Crippen molar-refractivity contribution in [3.63, 3.8) is 0 Å². The number of aromatic amines is 1. The molecule has 7 heteroatoms. The number of ether oxygens (including phenoxy) is 1. The van der Waals surface area contributed by atoms with Crippen LogP contribution in [0.15, 0.2) is 58.2 Å². The van der Waals surface area contributed by atoms with Gasteiger partial charge in [-0.3, -0.25) is 9.59 Å². The maximum atomic E-state index is 12.3. The Kier molecular flexibility index (Phi) is 5.61. The molecule has 0 saturated carbocycles. The van der Waals surface area contributed by atoms with Gasteiger partial charge in [0.15, 0.2) is 0 Å². The van der Waals surface area contributed by atoms with Gasteiger partial charge in [0.05, 0.1) is 23.3 Å². The highest BCUT2D eigenvalue weighted by Crippen LogP contribution is 2.24. The van der Waals surface area contributed by atoms with Crippen LogP contribution in [0.5, 0.6) is 0 Å². The van der Waals surface area contributed by atoms with E-state index in [1.807, 2.05) is 31.2 Å². The molecule has 0 aliphatic heterocycles. The number of para-hydroxylation sites is 1. The predicted octanol–water partition coefficient (Wildman–Crippen LogP) is 3.35. The average molecular weight is 382 g/mol. The molecule has 2 aromatic carbocycles. The molecule has 0 fully saturated rings. The average Bonchev–Trinajstić information content (AvgIpc) is 2.67. The number of benzene rings is 2. The van der Waals surface area contributed by atoms with Gasteiger partial charge in [0, 0.05) is 16.6 Å². The van der Waals surface area contributed by atoms with Crippen LogP contribution in [-0.4, -0.2) is 29.7 Å². The van der Waals surface area contributed by atoms with Gasteiger partial charge in [0.25, 0.3) is 5.56 Å². The topological polar surface area (TPSA) is 88.3 Å². The number of carbonyl (C=O) groups is 2. The van der Waals surface area contributed by atoms with Crippen LogP contribution in [0.3, 0.4) is 0 Å². The first kappa shape index (κ1) is 18.7. The number of fused-ring (bicyclic) bond motifs is 1. The first-order valence-electron chi connectivity index (χ1n) is 8.22. The zero-order valence-electron chi connectivity index (χ0n) is 14.9. The summed E-state index contributed by atoms with van der Waals surface area (Å²) < 4.78 is 4.67. The number of anilines is 1. The normalized spacial score (nSPS) is 10.6. The van der Waals surface area contributed by atoms with E-state index in [2.05, 4.69) is 15.0 Å². The van der Waals surface area contributed by atoms with Crippen molar-refractivity contribution in [1.29, 1.82) is 0 Å². The van der Waals surface area contributed by atoms with Crippen molar-refractivity contribution >= 4 is 40.2 Å². The van der Waals surface area contributed by atoms with Gasteiger partial charge in [0.2, 0.25) is 5.91 Å². The lowest BCUT2D eigenvalue weighted by Gasteiger charge is -2.09. The molecule has 3 aromatic rings. The Labute approximate surface area is 159 Å². The van der Waals surface area contributed by atoms with E-state index in [1.165, 1.54) is 18.9 Å². The second-order valence-electron chi connectivity index (χ2n) is 5.86. The highest BCUT2D eigenvalue weighted by atomic mass is 32.2. The number of hydrogen-bond donors (Lipinski definition) is 2. The summed E-state index contributed by atoms with van der Waals surface area (Å²) in [4.78, 5) is 39.5. The molecule has 1 aromatic heterocycles. The van der Waals surface area contributed by atoms with Gasteiger partial charge >= 0.3 is 5.97 Å². The first-order valence-corrected chi connectivity index (χ1v) is 9.21. The third-order valence-electron chi connectivity index (χ3n) is 4.04. The Balaban J connectivity index is 1.72. The number of aromatic nitrogens is 1. The third kappa shape index (κ3) is 4.20. The van der Waals surface area contributed by atoms with Gasteiger partial charge in [-0.25, -0.2) is 4.79 Å². The molecule has 0 radical (unpaired) electrons. The lowest BCUT2D eigenvalue weighted by molar-refractivity contribution is -0.113. The third-order valence-corrected chi connectivity index (χ3v) is 5.23. The van der Waals surface area contributed by atoms with Crippen LogP contribution < -0.4 is 10.9 Å². The van der Waals surface area contributed by atoms with E-state index in [0.717, 1.165) is 16.5 Å². The quantitative estimate of drug-likeness (QED) is 0.522. The van der Waals surface area contributed by atoms with E-state index in [1.54, 1.807) is 24.3 Å². The molecular formula is C20H18N2O4S. The van der Waals surface area contributed by atoms with Crippen LogP contribution in [-0.2, 0) is 9.53 Å². The van der Waals surface area contributed by atoms with Crippen LogP contribution in [0, 0.1) is 6.92 Å². The minimum Gasteiger partial charge on any atom is -0.465 e. The molecule has 0 aliphatic carbocycles. The van der Waals surface area contributed by atoms with Gasteiger partial charge < -0.3 is 15.0 Å². The highest BCUT2D eigenvalue weighted by molar-refractivity contribution is 8.00. The Bertz CT molecular complexity index is 1080. The molecule has 2 N–H and O–H groups in total. The number of methoxy groups -OCH3 is 1. The van der Waals surface area contributed by atoms with E-state index in [0.29, 0.717) is 16.1 Å². The molecule has 6 nitrogen and oxygen atoms in total. The van der Waals surface area contributed by atoms with Gasteiger partial charge in [-0.15, -0.1) is 11.8 Å². The molecule has 0 unspecified atom stereocenters. The largest absolute Gasteiger partial charge is 0.465 e. The maximum Gasteiger partial charge on any atom is 0.337 e. The van der Waals surface area contributed by atoms with E-state index < -0.39 is 5.97 Å². The summed E-state index contributed by atoms with van der Waals surface area (Å²) >= 11 is 1.18. The second-order valence-corrected chi connectivity index (χ2v) is 6.85. The molecule has 3 rings (SSSR count). The Hall–Kier alpha value is -3.06. The second kappa shape index (κ2) is 8.09. The van der Waals surface area contributed by atoms with Gasteiger partial charge in [-0.1, -0.05) is 24.3 Å². The number of aryl methyl sites for hydroxylation is 1. The minimum absolute atomic E-state index is 0.0741. The zero-order chi connectivity index (χ0) is 19.4. The predicted molar refractivity (Wildman–Crippen MR) is 106 cm³/mol. The number of thioether (sulfide) groups is 1. The minimum atomic E-state index is -0.473. The summed E-state index contributed by atoms with van der Waals surface area (Å²) in [5, 5.41) is 3.68. The van der Waals surface area contributed by atoms with Crippen LogP contribution in [0.4, 0.5) is 5.69 Å². The fraction of sp³-hybridized carbons (Fsp3) is 0.150. The summed E-state index contributed by atoms with van der Waals surface area (Å²) in [6.07, 6.45) is 0. The number of hydrogen-bond acceptors (Lipinski definition) is 5. The zero-order valence-corrected chi connectivity index (χ0v) is 15.7. The fourth-order valence-electron chi connectivity index (χ4n) is 2.74. The molecular weight excluding hydrogens is 364 g/mol. The lowest BCUT2D eigenvalue weighted by atomic mass is 10.1. The van der Waals surface area contributed by atoms with Crippen molar-refractivity contribution in [2.75, 3.05) is 18.2 Å². The Morgan fingerprint density at radius 1 is 1.15 bits per heavy atom. The molecule has 0 saturated heterocycles. The summed E-state index contributed by atoms with van der Waals surface area (Å²) in [5.74, 6) is -0.669. The van der Waals surface area contributed by atoms with E-state index in [4.69, 9.17) is 0 Å². The smallest absolute Gasteiger partial charge is 0.337 e. The number of nitrogens with one attached hydrogen (secondary N) is 2. The molecule has 138 valence electrons. The van der Waals surface area contributed by atoms with Crippen molar-refractivity contribution in [3.8, 4) is 0 Å². The molecule has 1 amide bonds. The maximum absolute atomic E-state index is 12.3. The number of H-pyrrole nitrogens is 1. The van der Waals surface area contributed by atoms with Crippen molar-refractivity contribution < 1.29 is 14.3 Å². The van der Waals surface area contributed by atoms with Crippen molar-refractivity contribution in [2.24, 2.45) is 0 Å². The van der Waals surface area contributed by atoms with Crippen LogP contribution in [0.1, 0.15) is 15.9 Å². The highest BCUT2D eigenvalue weighted by Gasteiger charge is 2.13. The number of rotatable bonds is 5. The fourth-order valence-corrected chi connectivity index (χ4v) is 3.60. The molecule has 27 heavy (non-hydrogen) atoms. The van der Waals surface area contributed by atoms with Crippen LogP contribution in [0.25, 0.3) is 10.9 Å². The number of amides is 1. The van der Waals surface area contributed by atoms with Crippen molar-refractivity contribution in [1.82, 2.24) is 4.98 Å². The summed E-state index contributed by atoms with van der Waals surface area (Å²) in [7, 11) is 1.30. The number of carbonyl (C=O) groups excluding carboxylic acids is 2. The monoisotopic (exact) mass is 382 g/mol. The van der Waals surface area contributed by atoms with Crippen LogP contribution in [0.2, 0.25) is 0 Å². The van der Waals surface area contributed by atoms with E-state index in [9.17, 15) is 14.4 Å². The summed E-state index contributed by atoms with van der Waals surface area (Å²) in [6.45, 7) is 1.87. The SMILES string of the molecule is COC(=O)c1cccc(NC(=O)CSc2c(C)c3ccccc3[nH]c2=O)c1. The summed E-state index contributed by atoms with van der Waals surface area (Å²) in [5.41, 5.74) is 2.25. The van der Waals surface area contributed by atoms with Crippen LogP contribution >= 0.6 is 11.8 Å². The molecule has 0 bridgehead atoms. The lowest BCUT2D eigenvalue weighted by Crippen LogP contribution is -2.17. The number of pyridine rings is 1. The first-order chi connectivity index (χ1) is 13.0. The van der Waals surface area contributed by atoms with Crippen molar-refractivity contribution in [2.45, 2.75) is 11.8 Å². The molecule has 0 atom stereocenters. The molecule has 0 aliphatic rings. The Morgan fingerprint density at radius 2 is 1.93 bits per heavy atom.